The molecule has 2 atom stereocenters. The van der Waals surface area contributed by atoms with E-state index in [1.165, 1.54) is 0 Å². The minimum absolute atomic E-state index is 0.0000983. The van der Waals surface area contributed by atoms with E-state index in [2.05, 4.69) is 10.6 Å². The Balaban J connectivity index is 2.13. The zero-order chi connectivity index (χ0) is 10.4. The molecule has 5 nitrogen and oxygen atoms in total. The van der Waals surface area contributed by atoms with Gasteiger partial charge in [0.1, 0.15) is 0 Å². The van der Waals surface area contributed by atoms with Crippen molar-refractivity contribution >= 4 is 6.03 Å². The lowest BCUT2D eigenvalue weighted by atomic mass is 10.0. The second kappa shape index (κ2) is 5.82. The quantitative estimate of drug-likeness (QED) is 0.583. The van der Waals surface area contributed by atoms with Gasteiger partial charge in [0, 0.05) is 31.7 Å². The number of nitrogens with two attached hydrogens (primary N) is 1. The SMILES string of the molecule is CCNC(=O)NCC(N)C1CCOC1. The molecule has 2 amide bonds. The van der Waals surface area contributed by atoms with E-state index in [1.54, 1.807) is 0 Å². The molecule has 0 saturated carbocycles. The molecular weight excluding hydrogens is 182 g/mol. The van der Waals surface area contributed by atoms with Crippen LogP contribution in [-0.2, 0) is 4.74 Å². The zero-order valence-electron chi connectivity index (χ0n) is 8.58. The Bertz CT molecular complexity index is 181. The number of carbonyl (C=O) groups is 1. The molecule has 4 N–H and O–H groups in total. The van der Waals surface area contributed by atoms with Gasteiger partial charge in [0.05, 0.1) is 6.61 Å². The van der Waals surface area contributed by atoms with Crippen molar-refractivity contribution in [1.82, 2.24) is 10.6 Å². The van der Waals surface area contributed by atoms with Crippen LogP contribution in [0.5, 0.6) is 0 Å². The molecule has 2 unspecified atom stereocenters. The van der Waals surface area contributed by atoms with E-state index in [9.17, 15) is 4.79 Å². The summed E-state index contributed by atoms with van der Waals surface area (Å²) in [6, 6.07) is -0.151. The van der Waals surface area contributed by atoms with Crippen molar-refractivity contribution in [2.24, 2.45) is 11.7 Å². The second-order valence-electron chi connectivity index (χ2n) is 3.53. The highest BCUT2D eigenvalue weighted by atomic mass is 16.5. The predicted octanol–water partition coefficient (Wildman–Crippen LogP) is -0.331. The lowest BCUT2D eigenvalue weighted by Crippen LogP contribution is -2.45. The van der Waals surface area contributed by atoms with Crippen LogP contribution < -0.4 is 16.4 Å². The molecule has 1 saturated heterocycles. The van der Waals surface area contributed by atoms with Crippen molar-refractivity contribution < 1.29 is 9.53 Å². The molecule has 0 aromatic rings. The first-order valence-corrected chi connectivity index (χ1v) is 5.09. The Labute approximate surface area is 84.4 Å². The standard InChI is InChI=1S/C9H19N3O2/c1-2-11-9(13)12-5-8(10)7-3-4-14-6-7/h7-8H,2-6,10H2,1H3,(H2,11,12,13). The van der Waals surface area contributed by atoms with Crippen LogP contribution in [0.25, 0.3) is 0 Å². The van der Waals surface area contributed by atoms with Gasteiger partial charge < -0.3 is 21.1 Å². The van der Waals surface area contributed by atoms with Crippen LogP contribution in [0.4, 0.5) is 4.79 Å². The summed E-state index contributed by atoms with van der Waals surface area (Å²) in [6.07, 6.45) is 0.998. The molecular formula is C9H19N3O2. The largest absolute Gasteiger partial charge is 0.381 e. The summed E-state index contributed by atoms with van der Waals surface area (Å²) < 4.78 is 5.22. The lowest BCUT2D eigenvalue weighted by molar-refractivity contribution is 0.180. The highest BCUT2D eigenvalue weighted by Crippen LogP contribution is 2.14. The van der Waals surface area contributed by atoms with Crippen LogP contribution in [0, 0.1) is 5.92 Å². The van der Waals surface area contributed by atoms with Gasteiger partial charge >= 0.3 is 6.03 Å². The van der Waals surface area contributed by atoms with E-state index in [0.717, 1.165) is 19.6 Å². The van der Waals surface area contributed by atoms with E-state index in [-0.39, 0.29) is 12.1 Å². The molecule has 0 radical (unpaired) electrons. The van der Waals surface area contributed by atoms with Gasteiger partial charge in [-0.2, -0.15) is 0 Å². The monoisotopic (exact) mass is 201 g/mol. The fourth-order valence-electron chi connectivity index (χ4n) is 1.49. The second-order valence-corrected chi connectivity index (χ2v) is 3.53. The van der Waals surface area contributed by atoms with Crippen LogP contribution in [0.15, 0.2) is 0 Å². The van der Waals surface area contributed by atoms with Gasteiger partial charge in [-0.1, -0.05) is 0 Å². The van der Waals surface area contributed by atoms with Crippen LogP contribution in [0.1, 0.15) is 13.3 Å². The van der Waals surface area contributed by atoms with Gasteiger partial charge in [0.15, 0.2) is 0 Å². The first-order chi connectivity index (χ1) is 6.74. The van der Waals surface area contributed by atoms with Crippen LogP contribution >= 0.6 is 0 Å². The van der Waals surface area contributed by atoms with Crippen LogP contribution in [0.3, 0.4) is 0 Å². The summed E-state index contributed by atoms with van der Waals surface area (Å²) in [5.74, 6) is 0.386. The normalized spacial score (nSPS) is 23.1. The minimum Gasteiger partial charge on any atom is -0.381 e. The molecule has 1 aliphatic heterocycles. The summed E-state index contributed by atoms with van der Waals surface area (Å²) in [4.78, 5) is 11.1. The maximum atomic E-state index is 11.1. The molecule has 82 valence electrons. The van der Waals surface area contributed by atoms with Gasteiger partial charge in [-0.25, -0.2) is 4.79 Å². The third-order valence-corrected chi connectivity index (χ3v) is 2.41. The Hall–Kier alpha value is -0.810. The average Bonchev–Trinajstić information content (AvgIpc) is 2.67. The van der Waals surface area contributed by atoms with Gasteiger partial charge in [-0.05, 0) is 13.3 Å². The molecule has 1 rings (SSSR count). The van der Waals surface area contributed by atoms with E-state index < -0.39 is 0 Å². The molecule has 0 spiro atoms. The van der Waals surface area contributed by atoms with Crippen molar-refractivity contribution in [3.05, 3.63) is 0 Å². The maximum absolute atomic E-state index is 11.1. The Morgan fingerprint density at radius 3 is 3.00 bits per heavy atom. The average molecular weight is 201 g/mol. The zero-order valence-corrected chi connectivity index (χ0v) is 8.58. The molecule has 0 aromatic carbocycles. The summed E-state index contributed by atoms with van der Waals surface area (Å²) in [7, 11) is 0. The first kappa shape index (κ1) is 11.3. The molecule has 5 heteroatoms. The maximum Gasteiger partial charge on any atom is 0.314 e. The van der Waals surface area contributed by atoms with E-state index in [0.29, 0.717) is 19.0 Å². The first-order valence-electron chi connectivity index (χ1n) is 5.09. The number of amides is 2. The topological polar surface area (TPSA) is 76.4 Å². The van der Waals surface area contributed by atoms with Crippen molar-refractivity contribution in [3.8, 4) is 0 Å². The number of hydrogen-bond acceptors (Lipinski definition) is 3. The van der Waals surface area contributed by atoms with Gasteiger partial charge in [-0.3, -0.25) is 0 Å². The van der Waals surface area contributed by atoms with Crippen molar-refractivity contribution in [2.45, 2.75) is 19.4 Å². The Morgan fingerprint density at radius 2 is 2.43 bits per heavy atom. The highest BCUT2D eigenvalue weighted by Gasteiger charge is 2.22. The highest BCUT2D eigenvalue weighted by molar-refractivity contribution is 5.73. The fraction of sp³-hybridized carbons (Fsp3) is 0.889. The third kappa shape index (κ3) is 3.51. The lowest BCUT2D eigenvalue weighted by Gasteiger charge is -2.17. The van der Waals surface area contributed by atoms with Crippen molar-refractivity contribution in [1.29, 1.82) is 0 Å². The number of rotatable bonds is 4. The van der Waals surface area contributed by atoms with Gasteiger partial charge in [0.25, 0.3) is 0 Å². The van der Waals surface area contributed by atoms with Gasteiger partial charge in [0.2, 0.25) is 0 Å². The van der Waals surface area contributed by atoms with E-state index in [1.807, 2.05) is 6.92 Å². The molecule has 1 aliphatic rings. The summed E-state index contributed by atoms with van der Waals surface area (Å²) in [5, 5.41) is 5.38. The Kier molecular flexibility index (Phi) is 4.69. The van der Waals surface area contributed by atoms with E-state index >= 15 is 0 Å². The summed E-state index contributed by atoms with van der Waals surface area (Å²) in [6.45, 7) is 4.54. The third-order valence-electron chi connectivity index (χ3n) is 2.41. The molecule has 0 bridgehead atoms. The number of carbonyl (C=O) groups excluding carboxylic acids is 1. The van der Waals surface area contributed by atoms with Crippen molar-refractivity contribution in [3.63, 3.8) is 0 Å². The van der Waals surface area contributed by atoms with E-state index in [4.69, 9.17) is 10.5 Å². The molecule has 14 heavy (non-hydrogen) atoms. The van der Waals surface area contributed by atoms with Crippen LogP contribution in [-0.4, -0.2) is 38.4 Å². The fourth-order valence-corrected chi connectivity index (χ4v) is 1.49. The minimum atomic E-state index is -0.151. The number of urea groups is 1. The number of hydrogen-bond donors (Lipinski definition) is 3. The molecule has 1 fully saturated rings. The number of ether oxygens (including phenoxy) is 1. The molecule has 0 aromatic heterocycles. The Morgan fingerprint density at radius 1 is 1.64 bits per heavy atom. The number of nitrogens with one attached hydrogen (secondary N) is 2. The van der Waals surface area contributed by atoms with Crippen LogP contribution in [0.2, 0.25) is 0 Å². The predicted molar refractivity (Wildman–Crippen MR) is 54.0 cm³/mol. The summed E-state index contributed by atoms with van der Waals surface area (Å²) >= 11 is 0. The smallest absolute Gasteiger partial charge is 0.314 e. The molecule has 1 heterocycles. The van der Waals surface area contributed by atoms with Gasteiger partial charge in [-0.15, -0.1) is 0 Å². The summed E-state index contributed by atoms with van der Waals surface area (Å²) in [5.41, 5.74) is 5.90. The van der Waals surface area contributed by atoms with Crippen molar-refractivity contribution in [2.75, 3.05) is 26.3 Å². The molecule has 0 aliphatic carbocycles.